The van der Waals surface area contributed by atoms with Gasteiger partial charge in [-0.15, -0.1) is 22.7 Å². The topological polar surface area (TPSA) is 119 Å². The molecule has 1 saturated carbocycles. The van der Waals surface area contributed by atoms with Gasteiger partial charge in [0.1, 0.15) is 12.2 Å². The zero-order chi connectivity index (χ0) is 24.0. The first-order chi connectivity index (χ1) is 16.4. The number of carbonyl (C=O) groups excluding carboxylic acids is 1. The van der Waals surface area contributed by atoms with Crippen LogP contribution in [0.15, 0.2) is 27.9 Å². The van der Waals surface area contributed by atoms with Gasteiger partial charge in [0, 0.05) is 12.5 Å². The molecule has 2 atom stereocenters. The predicted molar refractivity (Wildman–Crippen MR) is 130 cm³/mol. The number of amides is 1. The Kier molecular flexibility index (Phi) is 5.86. The van der Waals surface area contributed by atoms with E-state index in [1.807, 2.05) is 26.3 Å². The number of carbonyl (C=O) groups is 1. The fraction of sp³-hybridized carbons (Fsp3) is 0.409. The molecule has 0 bridgehead atoms. The van der Waals surface area contributed by atoms with Crippen LogP contribution in [0, 0.1) is 29.9 Å². The van der Waals surface area contributed by atoms with E-state index < -0.39 is 10.8 Å². The average Bonchev–Trinajstić information content (AvgIpc) is 3.59. The zero-order valence-corrected chi connectivity index (χ0v) is 20.6. The van der Waals surface area contributed by atoms with Gasteiger partial charge in [-0.05, 0) is 51.7 Å². The lowest BCUT2D eigenvalue weighted by Gasteiger charge is -2.28. The standard InChI is InChI=1S/C22H23N7O3S2/c1-4-27-9-16(29(31)32)19(25-27)22(30)28-20(21-13(3)24-11-34-21)15-7-5-6-14(18(15)26-28)8-17-12(2)23-10-33-17/h8-11,15,20H,4-7H2,1-3H3. The van der Waals surface area contributed by atoms with E-state index in [2.05, 4.69) is 21.1 Å². The second-order valence-electron chi connectivity index (χ2n) is 8.33. The zero-order valence-electron chi connectivity index (χ0n) is 19.0. The molecule has 1 aliphatic carbocycles. The molecule has 0 radical (unpaired) electrons. The molecule has 12 heteroatoms. The summed E-state index contributed by atoms with van der Waals surface area (Å²) in [5.74, 6) is -0.574. The fourth-order valence-electron chi connectivity index (χ4n) is 4.59. The Morgan fingerprint density at radius 1 is 1.26 bits per heavy atom. The lowest BCUT2D eigenvalue weighted by molar-refractivity contribution is -0.385. The molecule has 3 aromatic heterocycles. The third-order valence-electron chi connectivity index (χ3n) is 6.31. The highest BCUT2D eigenvalue weighted by Gasteiger charge is 2.47. The summed E-state index contributed by atoms with van der Waals surface area (Å²) in [5, 5.41) is 22.1. The summed E-state index contributed by atoms with van der Waals surface area (Å²) in [6.07, 6.45) is 6.11. The summed E-state index contributed by atoms with van der Waals surface area (Å²) in [6.45, 7) is 6.13. The molecule has 1 amide bonds. The normalized spacial score (nSPS) is 21.1. The second kappa shape index (κ2) is 8.84. The molecular weight excluding hydrogens is 474 g/mol. The summed E-state index contributed by atoms with van der Waals surface area (Å²) in [7, 11) is 0. The Bertz CT molecular complexity index is 1340. The van der Waals surface area contributed by atoms with Crippen LogP contribution in [0.3, 0.4) is 0 Å². The summed E-state index contributed by atoms with van der Waals surface area (Å²) in [5.41, 5.74) is 6.83. The molecule has 0 aromatic carbocycles. The van der Waals surface area contributed by atoms with E-state index in [9.17, 15) is 14.9 Å². The molecule has 1 aliphatic heterocycles. The maximum Gasteiger partial charge on any atom is 0.320 e. The third-order valence-corrected chi connectivity index (χ3v) is 8.19. The molecule has 4 heterocycles. The second-order valence-corrected chi connectivity index (χ2v) is 10.1. The number of hydrazone groups is 1. The Hall–Kier alpha value is -3.25. The molecule has 2 aliphatic rings. The monoisotopic (exact) mass is 497 g/mol. The molecule has 1 fully saturated rings. The predicted octanol–water partition coefficient (Wildman–Crippen LogP) is 4.78. The fourth-order valence-corrected chi connectivity index (χ4v) is 6.30. The van der Waals surface area contributed by atoms with Crippen molar-refractivity contribution in [2.75, 3.05) is 0 Å². The Labute approximate surface area is 203 Å². The summed E-state index contributed by atoms with van der Waals surface area (Å²) < 4.78 is 1.41. The van der Waals surface area contributed by atoms with Crippen molar-refractivity contribution >= 4 is 46.1 Å². The Balaban J connectivity index is 1.62. The first kappa shape index (κ1) is 22.5. The number of aromatic nitrogens is 4. The number of thiazole rings is 2. The Morgan fingerprint density at radius 3 is 2.68 bits per heavy atom. The van der Waals surface area contributed by atoms with Crippen molar-refractivity contribution in [3.63, 3.8) is 0 Å². The maximum atomic E-state index is 13.7. The van der Waals surface area contributed by atoms with Crippen LogP contribution in [0.2, 0.25) is 0 Å². The summed E-state index contributed by atoms with van der Waals surface area (Å²) in [6, 6.07) is -0.368. The van der Waals surface area contributed by atoms with Crippen molar-refractivity contribution in [1.82, 2.24) is 24.8 Å². The number of nitro groups is 1. The highest BCUT2D eigenvalue weighted by atomic mass is 32.1. The third kappa shape index (κ3) is 3.76. The van der Waals surface area contributed by atoms with Gasteiger partial charge in [-0.2, -0.15) is 10.2 Å². The van der Waals surface area contributed by atoms with Crippen molar-refractivity contribution < 1.29 is 9.72 Å². The molecule has 176 valence electrons. The van der Waals surface area contributed by atoms with Crippen LogP contribution in [0.5, 0.6) is 0 Å². The molecule has 10 nitrogen and oxygen atoms in total. The molecular formula is C22H23N7O3S2. The molecule has 0 spiro atoms. The van der Waals surface area contributed by atoms with Gasteiger partial charge in [-0.3, -0.25) is 19.6 Å². The minimum absolute atomic E-state index is 0.0105. The first-order valence-corrected chi connectivity index (χ1v) is 12.8. The van der Waals surface area contributed by atoms with Gasteiger partial charge < -0.3 is 0 Å². The number of aryl methyl sites for hydroxylation is 3. The van der Waals surface area contributed by atoms with E-state index in [0.717, 1.165) is 51.7 Å². The average molecular weight is 498 g/mol. The largest absolute Gasteiger partial charge is 0.320 e. The minimum Gasteiger partial charge on any atom is -0.265 e. The number of allylic oxidation sites excluding steroid dienone is 1. The lowest BCUT2D eigenvalue weighted by Crippen LogP contribution is -2.32. The SMILES string of the molecule is CCn1cc([N+](=O)[O-])c(C(=O)N2N=C3C(=Cc4scnc4C)CCCC3C2c2scnc2C)n1. The maximum absolute atomic E-state index is 13.7. The Morgan fingerprint density at radius 2 is 2.03 bits per heavy atom. The van der Waals surface area contributed by atoms with E-state index in [0.29, 0.717) is 6.54 Å². The number of rotatable bonds is 5. The lowest BCUT2D eigenvalue weighted by atomic mass is 9.79. The van der Waals surface area contributed by atoms with Crippen LogP contribution in [0.4, 0.5) is 5.69 Å². The van der Waals surface area contributed by atoms with E-state index in [1.165, 1.54) is 27.2 Å². The number of hydrogen-bond donors (Lipinski definition) is 0. The molecule has 2 unspecified atom stereocenters. The van der Waals surface area contributed by atoms with Crippen LogP contribution < -0.4 is 0 Å². The number of nitrogens with zero attached hydrogens (tertiary/aromatic N) is 7. The van der Waals surface area contributed by atoms with Gasteiger partial charge in [0.25, 0.3) is 0 Å². The smallest absolute Gasteiger partial charge is 0.265 e. The highest BCUT2D eigenvalue weighted by Crippen LogP contribution is 2.47. The van der Waals surface area contributed by atoms with E-state index in [-0.39, 0.29) is 23.3 Å². The van der Waals surface area contributed by atoms with Crippen LogP contribution in [-0.2, 0) is 6.54 Å². The van der Waals surface area contributed by atoms with E-state index >= 15 is 0 Å². The number of fused-ring (bicyclic) bond motifs is 1. The van der Waals surface area contributed by atoms with Crippen LogP contribution in [0.25, 0.3) is 6.08 Å². The summed E-state index contributed by atoms with van der Waals surface area (Å²) >= 11 is 3.06. The quantitative estimate of drug-likeness (QED) is 0.370. The van der Waals surface area contributed by atoms with Gasteiger partial charge in [0.2, 0.25) is 5.69 Å². The van der Waals surface area contributed by atoms with Gasteiger partial charge in [0.05, 0.1) is 42.8 Å². The van der Waals surface area contributed by atoms with Crippen LogP contribution in [-0.4, -0.2) is 41.3 Å². The van der Waals surface area contributed by atoms with E-state index in [1.54, 1.807) is 16.8 Å². The van der Waals surface area contributed by atoms with Crippen molar-refractivity contribution in [2.24, 2.45) is 11.0 Å². The van der Waals surface area contributed by atoms with Gasteiger partial charge in [0.15, 0.2) is 0 Å². The molecule has 34 heavy (non-hydrogen) atoms. The van der Waals surface area contributed by atoms with Crippen molar-refractivity contribution in [1.29, 1.82) is 0 Å². The van der Waals surface area contributed by atoms with Gasteiger partial charge >= 0.3 is 11.6 Å². The van der Waals surface area contributed by atoms with Crippen molar-refractivity contribution in [3.8, 4) is 0 Å². The van der Waals surface area contributed by atoms with Crippen LogP contribution in [0.1, 0.15) is 63.9 Å². The number of hydrogen-bond acceptors (Lipinski definition) is 9. The highest BCUT2D eigenvalue weighted by molar-refractivity contribution is 7.10. The van der Waals surface area contributed by atoms with Crippen molar-refractivity contribution in [3.05, 3.63) is 59.7 Å². The van der Waals surface area contributed by atoms with E-state index in [4.69, 9.17) is 5.10 Å². The summed E-state index contributed by atoms with van der Waals surface area (Å²) in [4.78, 5) is 35.6. The minimum atomic E-state index is -0.563. The molecule has 0 N–H and O–H groups in total. The first-order valence-electron chi connectivity index (χ1n) is 11.0. The molecule has 0 saturated heterocycles. The molecule has 3 aromatic rings. The molecule has 5 rings (SSSR count). The van der Waals surface area contributed by atoms with Gasteiger partial charge in [-0.25, -0.2) is 15.0 Å². The van der Waals surface area contributed by atoms with Crippen molar-refractivity contribution in [2.45, 2.75) is 52.6 Å². The van der Waals surface area contributed by atoms with Gasteiger partial charge in [-0.1, -0.05) is 0 Å². The van der Waals surface area contributed by atoms with Crippen LogP contribution >= 0.6 is 22.7 Å².